The smallest absolute Gasteiger partial charge is 0.290 e. The average Bonchev–Trinajstić information content (AvgIpc) is 2.31. The van der Waals surface area contributed by atoms with E-state index in [0.717, 1.165) is 4.48 Å². The average molecular weight is 274 g/mol. The lowest BCUT2D eigenvalue weighted by Crippen LogP contribution is -2.35. The number of carboxylic acid groups (broad SMARTS) is 1. The number of rotatable bonds is 11. The zero-order valence-corrected chi connectivity index (χ0v) is 13.7. The van der Waals surface area contributed by atoms with Crippen molar-refractivity contribution in [3.8, 4) is 0 Å². The Hall–Kier alpha value is -0.570. The molecule has 0 unspecified atom stereocenters. The summed E-state index contributed by atoms with van der Waals surface area (Å²) in [6.45, 7) is 3.37. The lowest BCUT2D eigenvalue weighted by molar-refractivity contribution is -0.870. The number of unbranched alkanes of at least 4 members (excludes halogenated alkanes) is 9. The summed E-state index contributed by atoms with van der Waals surface area (Å²) in [7, 11) is 6.86. The Kier molecular flexibility index (Phi) is 16.9. The highest BCUT2D eigenvalue weighted by molar-refractivity contribution is 5.32. The molecule has 116 valence electrons. The van der Waals surface area contributed by atoms with E-state index in [4.69, 9.17) is 9.90 Å². The van der Waals surface area contributed by atoms with E-state index in [1.807, 2.05) is 0 Å². The summed E-state index contributed by atoms with van der Waals surface area (Å²) in [6.07, 6.45) is 14.4. The van der Waals surface area contributed by atoms with Crippen molar-refractivity contribution >= 4 is 6.47 Å². The lowest BCUT2D eigenvalue weighted by atomic mass is 10.1. The van der Waals surface area contributed by atoms with Crippen molar-refractivity contribution in [2.24, 2.45) is 0 Å². The topological polar surface area (TPSA) is 37.3 Å². The number of carbonyl (C=O) groups is 1. The van der Waals surface area contributed by atoms with E-state index < -0.39 is 0 Å². The summed E-state index contributed by atoms with van der Waals surface area (Å²) in [4.78, 5) is 8.36. The second-order valence-electron chi connectivity index (χ2n) is 6.30. The van der Waals surface area contributed by atoms with Gasteiger partial charge in [-0.1, -0.05) is 58.3 Å². The molecule has 0 atom stereocenters. The second kappa shape index (κ2) is 15.5. The fraction of sp³-hybridized carbons (Fsp3) is 0.938. The monoisotopic (exact) mass is 274 g/mol. The number of quaternary nitrogens is 1. The van der Waals surface area contributed by atoms with Crippen LogP contribution in [-0.4, -0.2) is 43.7 Å². The number of hydrogen-bond donors (Lipinski definition) is 1. The Balaban J connectivity index is 0. The quantitative estimate of drug-likeness (QED) is 0.346. The zero-order chi connectivity index (χ0) is 15.0. The van der Waals surface area contributed by atoms with Gasteiger partial charge in [-0.25, -0.2) is 0 Å². The predicted octanol–water partition coefficient (Wildman–Crippen LogP) is 4.31. The second-order valence-corrected chi connectivity index (χ2v) is 6.30. The molecule has 0 spiro atoms. The molecule has 0 saturated carbocycles. The first kappa shape index (κ1) is 20.7. The molecule has 0 aliphatic rings. The van der Waals surface area contributed by atoms with Gasteiger partial charge >= 0.3 is 0 Å². The Morgan fingerprint density at radius 3 is 1.42 bits per heavy atom. The van der Waals surface area contributed by atoms with Crippen LogP contribution >= 0.6 is 0 Å². The molecule has 0 bridgehead atoms. The van der Waals surface area contributed by atoms with E-state index in [1.165, 1.54) is 70.8 Å². The van der Waals surface area contributed by atoms with Gasteiger partial charge < -0.3 is 9.59 Å². The van der Waals surface area contributed by atoms with Gasteiger partial charge in [0, 0.05) is 0 Å². The van der Waals surface area contributed by atoms with Crippen molar-refractivity contribution in [2.45, 2.75) is 71.1 Å². The van der Waals surface area contributed by atoms with Crippen LogP contribution in [0.4, 0.5) is 0 Å². The summed E-state index contributed by atoms with van der Waals surface area (Å²) in [5.41, 5.74) is 0. The van der Waals surface area contributed by atoms with Crippen LogP contribution in [0.3, 0.4) is 0 Å². The van der Waals surface area contributed by atoms with Crippen LogP contribution in [0.1, 0.15) is 71.1 Å². The molecule has 3 heteroatoms. The summed E-state index contributed by atoms with van der Waals surface area (Å²) in [5, 5.41) is 6.89. The van der Waals surface area contributed by atoms with Crippen molar-refractivity contribution in [2.75, 3.05) is 27.7 Å². The minimum atomic E-state index is -0.250. The Morgan fingerprint density at radius 1 is 0.789 bits per heavy atom. The predicted molar refractivity (Wildman–Crippen MR) is 83.4 cm³/mol. The molecule has 0 saturated heterocycles. The van der Waals surface area contributed by atoms with Gasteiger partial charge in [-0.15, -0.1) is 0 Å². The van der Waals surface area contributed by atoms with Crippen LogP contribution in [0, 0.1) is 0 Å². The Labute approximate surface area is 120 Å². The van der Waals surface area contributed by atoms with Crippen molar-refractivity contribution in [1.82, 2.24) is 0 Å². The van der Waals surface area contributed by atoms with E-state index in [0.29, 0.717) is 0 Å². The highest BCUT2D eigenvalue weighted by atomic mass is 16.3. The summed E-state index contributed by atoms with van der Waals surface area (Å²) < 4.78 is 1.12. The van der Waals surface area contributed by atoms with E-state index in [1.54, 1.807) is 0 Å². The molecule has 3 nitrogen and oxygen atoms in total. The molecule has 0 aromatic carbocycles. The first-order valence-corrected chi connectivity index (χ1v) is 7.86. The highest BCUT2D eigenvalue weighted by Gasteiger charge is 2.04. The van der Waals surface area contributed by atoms with Crippen LogP contribution in [-0.2, 0) is 4.79 Å². The van der Waals surface area contributed by atoms with E-state index in [2.05, 4.69) is 28.1 Å². The third kappa shape index (κ3) is 26.9. The van der Waals surface area contributed by atoms with Gasteiger partial charge in [0.15, 0.2) is 0 Å². The van der Waals surface area contributed by atoms with Gasteiger partial charge in [0.2, 0.25) is 0 Å². The number of hydrogen-bond acceptors (Lipinski definition) is 1. The molecular weight excluding hydrogens is 238 g/mol. The maximum atomic E-state index is 8.36. The van der Waals surface area contributed by atoms with Crippen LogP contribution < -0.4 is 0 Å². The molecule has 0 fully saturated rings. The van der Waals surface area contributed by atoms with Crippen molar-refractivity contribution in [1.29, 1.82) is 0 Å². The van der Waals surface area contributed by atoms with Crippen molar-refractivity contribution in [3.05, 3.63) is 0 Å². The SMILES string of the molecule is CCCCCCCCCCCC[N+](C)(C)C.O=CO. The first-order chi connectivity index (χ1) is 8.97. The van der Waals surface area contributed by atoms with Crippen molar-refractivity contribution in [3.63, 3.8) is 0 Å². The lowest BCUT2D eigenvalue weighted by Gasteiger charge is -2.23. The van der Waals surface area contributed by atoms with Gasteiger partial charge in [-0.3, -0.25) is 4.79 Å². The Morgan fingerprint density at radius 2 is 1.11 bits per heavy atom. The molecule has 0 aromatic rings. The normalized spacial score (nSPS) is 10.7. The van der Waals surface area contributed by atoms with Crippen molar-refractivity contribution < 1.29 is 14.4 Å². The Bertz CT molecular complexity index is 176. The number of nitrogens with zero attached hydrogens (tertiary/aromatic N) is 1. The molecule has 0 heterocycles. The minimum absolute atomic E-state index is 0.250. The fourth-order valence-electron chi connectivity index (χ4n) is 2.07. The maximum Gasteiger partial charge on any atom is 0.290 e. The maximum absolute atomic E-state index is 8.36. The minimum Gasteiger partial charge on any atom is -0.483 e. The molecule has 0 rings (SSSR count). The zero-order valence-electron chi connectivity index (χ0n) is 13.7. The van der Waals surface area contributed by atoms with Gasteiger partial charge in [-0.05, 0) is 12.8 Å². The molecule has 0 aliphatic heterocycles. The van der Waals surface area contributed by atoms with E-state index >= 15 is 0 Å². The third-order valence-electron chi connectivity index (χ3n) is 3.18. The van der Waals surface area contributed by atoms with Gasteiger partial charge in [0.05, 0.1) is 27.7 Å². The van der Waals surface area contributed by atoms with Gasteiger partial charge in [0.1, 0.15) is 0 Å². The van der Waals surface area contributed by atoms with Crippen LogP contribution in [0.25, 0.3) is 0 Å². The largest absolute Gasteiger partial charge is 0.483 e. The standard InChI is InChI=1S/C15H34N.CH2O2/c1-5-6-7-8-9-10-11-12-13-14-15-16(2,3)4;2-1-3/h5-15H2,1-4H3;1H,(H,2,3)/q+1;. The molecular formula is C16H36NO2+. The summed E-state index contributed by atoms with van der Waals surface area (Å²) in [5.74, 6) is 0. The molecule has 0 aromatic heterocycles. The van der Waals surface area contributed by atoms with Crippen LogP contribution in [0.5, 0.6) is 0 Å². The summed E-state index contributed by atoms with van der Waals surface area (Å²) in [6, 6.07) is 0. The summed E-state index contributed by atoms with van der Waals surface area (Å²) >= 11 is 0. The van der Waals surface area contributed by atoms with Crippen LogP contribution in [0.2, 0.25) is 0 Å². The molecule has 0 amide bonds. The fourth-order valence-corrected chi connectivity index (χ4v) is 2.07. The molecule has 1 N–H and O–H groups in total. The van der Waals surface area contributed by atoms with E-state index in [9.17, 15) is 0 Å². The van der Waals surface area contributed by atoms with Crippen LogP contribution in [0.15, 0.2) is 0 Å². The third-order valence-corrected chi connectivity index (χ3v) is 3.18. The highest BCUT2D eigenvalue weighted by Crippen LogP contribution is 2.10. The molecule has 0 radical (unpaired) electrons. The molecule has 19 heavy (non-hydrogen) atoms. The van der Waals surface area contributed by atoms with Gasteiger partial charge in [-0.2, -0.15) is 0 Å². The van der Waals surface area contributed by atoms with Gasteiger partial charge in [0.25, 0.3) is 6.47 Å². The van der Waals surface area contributed by atoms with E-state index in [-0.39, 0.29) is 6.47 Å². The first-order valence-electron chi connectivity index (χ1n) is 7.86. The molecule has 0 aliphatic carbocycles.